The molecule has 1 aliphatic heterocycles. The third-order valence-electron chi connectivity index (χ3n) is 14.2. The molecule has 0 aromatic heterocycles. The van der Waals surface area contributed by atoms with Gasteiger partial charge in [-0.05, 0) is 131 Å². The maximum absolute atomic E-state index is 12.9. The second kappa shape index (κ2) is 12.9. The maximum atomic E-state index is 12.9. The Hall–Kier alpha value is -2.82. The number of hydrogen-bond acceptors (Lipinski definition) is 6. The summed E-state index contributed by atoms with van der Waals surface area (Å²) in [7, 11) is 3.90. The predicted molar refractivity (Wildman–Crippen MR) is 187 cm³/mol. The van der Waals surface area contributed by atoms with Crippen LogP contribution in [0.3, 0.4) is 0 Å². The first-order valence-corrected chi connectivity index (χ1v) is 18.1. The van der Waals surface area contributed by atoms with Crippen LogP contribution in [0.15, 0.2) is 41.1 Å². The monoisotopic (exact) mass is 643 g/mol. The van der Waals surface area contributed by atoms with E-state index in [2.05, 4.69) is 74.2 Å². The molecular weight excluding hydrogens is 586 g/mol. The van der Waals surface area contributed by atoms with Crippen LogP contribution in [0.2, 0.25) is 0 Å². The molecule has 2 N–H and O–H groups in total. The Labute approximate surface area is 282 Å². The van der Waals surface area contributed by atoms with Crippen LogP contribution in [0.1, 0.15) is 97.5 Å². The van der Waals surface area contributed by atoms with Gasteiger partial charge in [0.05, 0.1) is 12.8 Å². The van der Waals surface area contributed by atoms with E-state index in [0.29, 0.717) is 36.3 Å². The minimum absolute atomic E-state index is 0.0241. The number of terminal acetylenes is 1. The van der Waals surface area contributed by atoms with E-state index in [0.717, 1.165) is 82.2 Å². The number of allylic oxidation sites excluding steroid dienone is 2. The van der Waals surface area contributed by atoms with Crippen molar-refractivity contribution < 1.29 is 19.5 Å². The van der Waals surface area contributed by atoms with Crippen LogP contribution in [0, 0.1) is 46.8 Å². The molecule has 5 aliphatic rings. The third kappa shape index (κ3) is 5.82. The summed E-state index contributed by atoms with van der Waals surface area (Å²) >= 11 is 0. The first kappa shape index (κ1) is 34.1. The molecule has 1 aromatic carbocycles. The van der Waals surface area contributed by atoms with Crippen molar-refractivity contribution in [2.24, 2.45) is 39.7 Å². The number of rotatable bonds is 8. The van der Waals surface area contributed by atoms with Crippen LogP contribution >= 0.6 is 0 Å². The van der Waals surface area contributed by atoms with E-state index in [4.69, 9.17) is 16.0 Å². The molecule has 0 bridgehead atoms. The van der Waals surface area contributed by atoms with Gasteiger partial charge in [0.2, 0.25) is 0 Å². The number of ether oxygens (including phenoxy) is 1. The molecule has 1 saturated heterocycles. The molecule has 1 aromatic rings. The highest BCUT2D eigenvalue weighted by atomic mass is 16.6. The Morgan fingerprint density at radius 3 is 2.57 bits per heavy atom. The van der Waals surface area contributed by atoms with E-state index >= 15 is 0 Å². The number of nitrogens with one attached hydrogen (secondary N) is 1. The quantitative estimate of drug-likeness (QED) is 0.250. The summed E-state index contributed by atoms with van der Waals surface area (Å²) in [6.45, 7) is 10.9. The van der Waals surface area contributed by atoms with Gasteiger partial charge in [-0.3, -0.25) is 4.79 Å². The van der Waals surface area contributed by atoms with Crippen molar-refractivity contribution in [2.45, 2.75) is 109 Å². The Bertz CT molecular complexity index is 1430. The highest BCUT2D eigenvalue weighted by Gasteiger charge is 2.63. The number of carbonyl (C=O) groups is 1. The zero-order valence-corrected chi connectivity index (χ0v) is 29.6. The van der Waals surface area contributed by atoms with Crippen molar-refractivity contribution in [3.63, 3.8) is 0 Å². The number of benzene rings is 1. The zero-order valence-electron chi connectivity index (χ0n) is 29.6. The molecule has 0 radical (unpaired) electrons. The first-order valence-electron chi connectivity index (χ1n) is 18.1. The smallest absolute Gasteiger partial charge is 0.260 e. The molecule has 4 fully saturated rings. The van der Waals surface area contributed by atoms with Gasteiger partial charge < -0.3 is 24.9 Å². The van der Waals surface area contributed by atoms with Gasteiger partial charge in [0.15, 0.2) is 6.61 Å². The molecule has 9 atom stereocenters. The van der Waals surface area contributed by atoms with Gasteiger partial charge in [-0.15, -0.1) is 6.42 Å². The summed E-state index contributed by atoms with van der Waals surface area (Å²) in [5, 5.41) is 18.9. The van der Waals surface area contributed by atoms with Crippen molar-refractivity contribution in [2.75, 3.05) is 33.9 Å². The summed E-state index contributed by atoms with van der Waals surface area (Å²) in [5.41, 5.74) is 2.74. The Balaban J connectivity index is 1.04. The molecule has 256 valence electrons. The fourth-order valence-electron chi connectivity index (χ4n) is 11.0. The molecule has 7 heteroatoms. The largest absolute Gasteiger partial charge is 0.497 e. The normalized spacial score (nSPS) is 40.8. The zero-order chi connectivity index (χ0) is 33.6. The van der Waals surface area contributed by atoms with Crippen LogP contribution in [-0.2, 0) is 15.0 Å². The molecule has 3 saturated carbocycles. The molecule has 6 rings (SSSR count). The van der Waals surface area contributed by atoms with Crippen molar-refractivity contribution in [1.29, 1.82) is 0 Å². The Kier molecular flexibility index (Phi) is 9.35. The lowest BCUT2D eigenvalue weighted by molar-refractivity contribution is -0.125. The van der Waals surface area contributed by atoms with Gasteiger partial charge >= 0.3 is 0 Å². The fraction of sp³-hybridized carbons (Fsp3) is 0.700. The first-order chi connectivity index (χ1) is 22.4. The topological polar surface area (TPSA) is 83.4 Å². The lowest BCUT2D eigenvalue weighted by Crippen LogP contribution is -2.54. The molecule has 0 unspecified atom stereocenters. The Morgan fingerprint density at radius 1 is 1.11 bits per heavy atom. The highest BCUT2D eigenvalue weighted by molar-refractivity contribution is 5.96. The number of likely N-dealkylation sites (tertiary alicyclic amines) is 1. The second-order valence-corrected chi connectivity index (χ2v) is 16.2. The number of amides is 1. The van der Waals surface area contributed by atoms with Crippen LogP contribution in [0.4, 0.5) is 0 Å². The number of methoxy groups -OCH3 is 1. The summed E-state index contributed by atoms with van der Waals surface area (Å²) in [4.78, 5) is 21.0. The molecule has 1 heterocycles. The minimum Gasteiger partial charge on any atom is -0.497 e. The van der Waals surface area contributed by atoms with Crippen molar-refractivity contribution >= 4 is 11.6 Å². The molecule has 7 nitrogen and oxygen atoms in total. The number of fused-ring (bicyclic) bond motifs is 5. The van der Waals surface area contributed by atoms with Gasteiger partial charge in [0.1, 0.15) is 11.4 Å². The predicted octanol–water partition coefficient (Wildman–Crippen LogP) is 6.50. The molecule has 47 heavy (non-hydrogen) atoms. The molecule has 1 amide bonds. The van der Waals surface area contributed by atoms with Crippen molar-refractivity contribution in [1.82, 2.24) is 10.2 Å². The van der Waals surface area contributed by atoms with E-state index in [1.54, 1.807) is 7.11 Å². The van der Waals surface area contributed by atoms with Gasteiger partial charge in [0, 0.05) is 30.0 Å². The van der Waals surface area contributed by atoms with Crippen molar-refractivity contribution in [3.05, 3.63) is 41.5 Å². The fourth-order valence-corrected chi connectivity index (χ4v) is 11.0. The number of nitrogens with zero attached hydrogens (tertiary/aromatic N) is 2. The third-order valence-corrected chi connectivity index (χ3v) is 14.2. The molecule has 0 spiro atoms. The minimum atomic E-state index is -0.961. The molecular formula is C40H57N3O4. The number of piperidine rings is 1. The van der Waals surface area contributed by atoms with E-state index in [-0.39, 0.29) is 28.8 Å². The number of carbonyl (C=O) groups excluding carboxylic acids is 1. The highest BCUT2D eigenvalue weighted by Crippen LogP contribution is 2.67. The van der Waals surface area contributed by atoms with Crippen LogP contribution in [0.5, 0.6) is 5.75 Å². The van der Waals surface area contributed by atoms with Gasteiger partial charge in [-0.1, -0.05) is 49.6 Å². The van der Waals surface area contributed by atoms with Crippen LogP contribution in [0.25, 0.3) is 0 Å². The lowest BCUT2D eigenvalue weighted by atomic mass is 9.46. The maximum Gasteiger partial charge on any atom is 0.260 e. The van der Waals surface area contributed by atoms with Crippen LogP contribution < -0.4 is 10.1 Å². The summed E-state index contributed by atoms with van der Waals surface area (Å²) in [6, 6.07) is 8.95. The van der Waals surface area contributed by atoms with E-state index < -0.39 is 5.60 Å². The van der Waals surface area contributed by atoms with E-state index in [1.807, 2.05) is 12.1 Å². The number of aliphatic hydroxyl groups is 1. The lowest BCUT2D eigenvalue weighted by Gasteiger charge is -2.58. The summed E-state index contributed by atoms with van der Waals surface area (Å²) in [5.74, 6) is 5.70. The second-order valence-electron chi connectivity index (χ2n) is 16.2. The standard InChI is InChI=1S/C40H57N3O4/c1-8-40(45)20-17-35-33-14-11-30-23-31(15-18-37(30,4)34(33)16-19-38(35,40)5)42-47-26-36(44)41-22-21-39(24-28(3)43(6)25-27(39)2)29-9-12-32(46-7)13-10-29/h1,9-10,12-13,23,27-28,33-35,45H,11,14-22,24-26H2,2-7H3,(H,41,44)/b42-31-/t27-,28+,33-,34+,35+,37+,38+,39+,40+/m1/s1. The van der Waals surface area contributed by atoms with E-state index in [1.165, 1.54) is 11.1 Å². The number of hydrogen-bond donors (Lipinski definition) is 2. The SMILES string of the molecule is C#C[C@]1(O)CC[C@H]2[C@@H]3CCC4=C/C(=N\OCC(=O)NCC[C@]5(c6ccc(OC)cc6)C[C@H](C)N(C)C[C@H]5C)CC[C@]4(C)[C@H]3CC[C@@]21C. The van der Waals surface area contributed by atoms with Crippen LogP contribution in [-0.4, -0.2) is 67.1 Å². The average Bonchev–Trinajstić information content (AvgIpc) is 3.34. The summed E-state index contributed by atoms with van der Waals surface area (Å²) in [6.07, 6.45) is 18.0. The van der Waals surface area contributed by atoms with Gasteiger partial charge in [0.25, 0.3) is 5.91 Å². The number of oxime groups is 1. The average molecular weight is 644 g/mol. The summed E-state index contributed by atoms with van der Waals surface area (Å²) < 4.78 is 5.42. The van der Waals surface area contributed by atoms with E-state index in [9.17, 15) is 9.90 Å². The van der Waals surface area contributed by atoms with Crippen molar-refractivity contribution in [3.8, 4) is 18.1 Å². The van der Waals surface area contributed by atoms with Gasteiger partial charge in [-0.25, -0.2) is 0 Å². The molecule has 4 aliphatic carbocycles. The Morgan fingerprint density at radius 2 is 1.85 bits per heavy atom. The van der Waals surface area contributed by atoms with Gasteiger partial charge in [-0.2, -0.15) is 0 Å².